The van der Waals surface area contributed by atoms with Gasteiger partial charge in [-0.15, -0.1) is 0 Å². The van der Waals surface area contributed by atoms with E-state index in [-0.39, 0.29) is 18.3 Å². The van der Waals surface area contributed by atoms with Gasteiger partial charge in [0.15, 0.2) is 0 Å². The lowest BCUT2D eigenvalue weighted by Crippen LogP contribution is -2.40. The van der Waals surface area contributed by atoms with E-state index < -0.39 is 15.9 Å². The van der Waals surface area contributed by atoms with Crippen molar-refractivity contribution in [3.63, 3.8) is 0 Å². The Hall–Kier alpha value is -2.33. The average molecular weight is 502 g/mol. The molecular weight excluding hydrogens is 470 g/mol. The number of carbonyl (C=O) groups is 1. The summed E-state index contributed by atoms with van der Waals surface area (Å²) in [4.78, 5) is 15.4. The van der Waals surface area contributed by atoms with E-state index in [0.29, 0.717) is 25.3 Å². The molecule has 9 heteroatoms. The first-order chi connectivity index (χ1) is 16.4. The van der Waals surface area contributed by atoms with Crippen LogP contribution in [0.1, 0.15) is 34.7 Å². The highest BCUT2D eigenvalue weighted by Crippen LogP contribution is 2.37. The minimum absolute atomic E-state index is 0.0154. The summed E-state index contributed by atoms with van der Waals surface area (Å²) in [5, 5.41) is 0.971. The van der Waals surface area contributed by atoms with E-state index in [1.165, 1.54) is 0 Å². The summed E-state index contributed by atoms with van der Waals surface area (Å²) in [5.74, 6) is 0.600. The molecule has 3 aromatic rings. The molecule has 0 saturated carbocycles. The van der Waals surface area contributed by atoms with Gasteiger partial charge in [0.25, 0.3) is 5.91 Å². The lowest BCUT2D eigenvalue weighted by atomic mass is 9.88. The fourth-order valence-corrected chi connectivity index (χ4v) is 6.20. The lowest BCUT2D eigenvalue weighted by Gasteiger charge is -2.31. The number of nitrogens with zero attached hydrogens (tertiary/aromatic N) is 1. The first-order valence-electron chi connectivity index (χ1n) is 11.5. The predicted molar refractivity (Wildman–Crippen MR) is 139 cm³/mol. The van der Waals surface area contributed by atoms with Crippen LogP contribution in [0.4, 0.5) is 0 Å². The second-order valence-electron chi connectivity index (χ2n) is 8.52. The molecule has 2 aromatic carbocycles. The van der Waals surface area contributed by atoms with Gasteiger partial charge in [-0.1, -0.05) is 30.3 Å². The lowest BCUT2D eigenvalue weighted by molar-refractivity contribution is 0.100. The number of ether oxygens (including phenoxy) is 1. The summed E-state index contributed by atoms with van der Waals surface area (Å²) < 4.78 is 32.5. The molecule has 0 unspecified atom stereocenters. The third-order valence-electron chi connectivity index (χ3n) is 6.40. The number of amides is 1. The third-order valence-corrected chi connectivity index (χ3v) is 8.81. The van der Waals surface area contributed by atoms with Crippen LogP contribution in [0.3, 0.4) is 0 Å². The number of H-pyrrole nitrogens is 1. The largest absolute Gasteiger partial charge is 0.379 e. The zero-order chi connectivity index (χ0) is 24.1. The van der Waals surface area contributed by atoms with Gasteiger partial charge in [0, 0.05) is 30.4 Å². The van der Waals surface area contributed by atoms with Gasteiger partial charge in [-0.2, -0.15) is 11.8 Å². The minimum atomic E-state index is -3.33. The number of aromatic amines is 1. The Morgan fingerprint density at radius 1 is 1.15 bits per heavy atom. The van der Waals surface area contributed by atoms with Crippen molar-refractivity contribution < 1.29 is 17.9 Å². The maximum absolute atomic E-state index is 12.7. The molecule has 1 aliphatic rings. The SMILES string of the molecule is CSCCOCCS(=O)(=O)N1CCC(c2c[nH]c3c(C(N)=O)cc(-c4ccccc4)cc23)CC1. The van der Waals surface area contributed by atoms with E-state index in [2.05, 4.69) is 11.1 Å². The first-order valence-corrected chi connectivity index (χ1v) is 14.5. The number of thioether (sulfide) groups is 1. The van der Waals surface area contributed by atoms with Crippen molar-refractivity contribution >= 4 is 38.6 Å². The molecule has 3 N–H and O–H groups in total. The number of nitrogens with two attached hydrogens (primary N) is 1. The fraction of sp³-hybridized carbons (Fsp3) is 0.400. The highest BCUT2D eigenvalue weighted by molar-refractivity contribution is 7.98. The Balaban J connectivity index is 1.52. The molecule has 1 fully saturated rings. The van der Waals surface area contributed by atoms with Crippen molar-refractivity contribution in [1.82, 2.24) is 9.29 Å². The van der Waals surface area contributed by atoms with Crippen molar-refractivity contribution in [3.05, 3.63) is 59.8 Å². The van der Waals surface area contributed by atoms with E-state index in [1.807, 2.05) is 48.9 Å². The molecule has 2 heterocycles. The van der Waals surface area contributed by atoms with Crippen LogP contribution >= 0.6 is 11.8 Å². The molecule has 1 amide bonds. The van der Waals surface area contributed by atoms with Crippen LogP contribution in [-0.2, 0) is 14.8 Å². The van der Waals surface area contributed by atoms with Crippen LogP contribution in [0.15, 0.2) is 48.7 Å². The molecule has 34 heavy (non-hydrogen) atoms. The Morgan fingerprint density at radius 2 is 1.88 bits per heavy atom. The highest BCUT2D eigenvalue weighted by Gasteiger charge is 2.30. The van der Waals surface area contributed by atoms with Crippen LogP contribution in [0, 0.1) is 0 Å². The van der Waals surface area contributed by atoms with Crippen LogP contribution in [-0.4, -0.2) is 67.7 Å². The van der Waals surface area contributed by atoms with Gasteiger partial charge in [-0.25, -0.2) is 12.7 Å². The molecule has 1 aliphatic heterocycles. The van der Waals surface area contributed by atoms with Gasteiger partial charge in [0.1, 0.15) is 0 Å². The number of benzene rings is 2. The second-order valence-corrected chi connectivity index (χ2v) is 11.6. The standard InChI is InChI=1S/C25H31N3O4S2/c1-33-13-11-32-12-14-34(30,31)28-9-7-19(8-10-28)23-17-27-24-21(23)15-20(16-22(24)25(26)29)18-5-3-2-4-6-18/h2-6,15-17,19,27H,7-14H2,1H3,(H2,26,29). The average Bonchev–Trinajstić information content (AvgIpc) is 3.28. The number of piperidine rings is 1. The Kier molecular flexibility index (Phi) is 7.98. The van der Waals surface area contributed by atoms with E-state index in [9.17, 15) is 13.2 Å². The number of aromatic nitrogens is 1. The molecule has 0 radical (unpaired) electrons. The Bertz CT molecular complexity index is 1230. The molecule has 1 aromatic heterocycles. The van der Waals surface area contributed by atoms with Crippen LogP contribution in [0.25, 0.3) is 22.0 Å². The molecule has 0 bridgehead atoms. The number of hydrogen-bond donors (Lipinski definition) is 2. The van der Waals surface area contributed by atoms with E-state index in [4.69, 9.17) is 10.5 Å². The highest BCUT2D eigenvalue weighted by atomic mass is 32.2. The number of fused-ring (bicyclic) bond motifs is 1. The predicted octanol–water partition coefficient (Wildman–Crippen LogP) is 3.82. The number of sulfonamides is 1. The number of carbonyl (C=O) groups excluding carboxylic acids is 1. The molecule has 0 aliphatic carbocycles. The van der Waals surface area contributed by atoms with Gasteiger partial charge in [-0.3, -0.25) is 4.79 Å². The van der Waals surface area contributed by atoms with E-state index in [0.717, 1.165) is 46.2 Å². The number of hydrogen-bond acceptors (Lipinski definition) is 5. The Morgan fingerprint density at radius 3 is 2.56 bits per heavy atom. The first kappa shape index (κ1) is 24.8. The Labute approximate surface area is 205 Å². The maximum Gasteiger partial charge on any atom is 0.250 e. The summed E-state index contributed by atoms with van der Waals surface area (Å²) in [6, 6.07) is 13.8. The summed E-state index contributed by atoms with van der Waals surface area (Å²) in [7, 11) is -3.33. The van der Waals surface area contributed by atoms with Gasteiger partial charge in [0.2, 0.25) is 10.0 Å². The third kappa shape index (κ3) is 5.49. The normalized spacial score (nSPS) is 15.7. The zero-order valence-corrected chi connectivity index (χ0v) is 21.0. The van der Waals surface area contributed by atoms with Crippen molar-refractivity contribution in [3.8, 4) is 11.1 Å². The van der Waals surface area contributed by atoms with Crippen LogP contribution in [0.5, 0.6) is 0 Å². The van der Waals surface area contributed by atoms with Crippen LogP contribution < -0.4 is 5.73 Å². The molecule has 0 atom stereocenters. The number of primary amides is 1. The monoisotopic (exact) mass is 501 g/mol. The summed E-state index contributed by atoms with van der Waals surface area (Å²) in [6.45, 7) is 1.75. The molecule has 182 valence electrons. The molecule has 1 saturated heterocycles. The van der Waals surface area contributed by atoms with E-state index in [1.54, 1.807) is 16.1 Å². The summed E-state index contributed by atoms with van der Waals surface area (Å²) >= 11 is 1.68. The topological polar surface area (TPSA) is 105 Å². The van der Waals surface area contributed by atoms with Gasteiger partial charge in [0.05, 0.1) is 30.0 Å². The quantitative estimate of drug-likeness (QED) is 0.411. The second kappa shape index (κ2) is 10.9. The fourth-order valence-electron chi connectivity index (χ4n) is 4.56. The van der Waals surface area contributed by atoms with Crippen molar-refractivity contribution in [2.45, 2.75) is 18.8 Å². The summed E-state index contributed by atoms with van der Waals surface area (Å²) in [5.41, 5.74) is 9.95. The number of rotatable bonds is 10. The van der Waals surface area contributed by atoms with Gasteiger partial charge in [-0.05, 0) is 53.8 Å². The maximum atomic E-state index is 12.7. The summed E-state index contributed by atoms with van der Waals surface area (Å²) in [6.07, 6.45) is 5.39. The van der Waals surface area contributed by atoms with E-state index >= 15 is 0 Å². The zero-order valence-electron chi connectivity index (χ0n) is 19.3. The minimum Gasteiger partial charge on any atom is -0.379 e. The van der Waals surface area contributed by atoms with Gasteiger partial charge >= 0.3 is 0 Å². The smallest absolute Gasteiger partial charge is 0.250 e. The number of nitrogens with one attached hydrogen (secondary N) is 1. The molecule has 0 spiro atoms. The van der Waals surface area contributed by atoms with Crippen molar-refractivity contribution in [1.29, 1.82) is 0 Å². The van der Waals surface area contributed by atoms with Crippen LogP contribution in [0.2, 0.25) is 0 Å². The molecular formula is C25H31N3O4S2. The molecule has 7 nitrogen and oxygen atoms in total. The van der Waals surface area contributed by atoms with Crippen molar-refractivity contribution in [2.24, 2.45) is 5.73 Å². The molecule has 4 rings (SSSR count). The van der Waals surface area contributed by atoms with Gasteiger partial charge < -0.3 is 15.5 Å². The van der Waals surface area contributed by atoms with Crippen molar-refractivity contribution in [2.75, 3.05) is 44.1 Å².